The van der Waals surface area contributed by atoms with Crippen LogP contribution in [0.1, 0.15) is 72.1 Å². The van der Waals surface area contributed by atoms with Gasteiger partial charge in [0.25, 0.3) is 5.91 Å². The fourth-order valence-corrected chi connectivity index (χ4v) is 4.56. The fraction of sp³-hybridized carbons (Fsp3) is 0.464. The third-order valence-corrected chi connectivity index (χ3v) is 7.10. The Morgan fingerprint density at radius 3 is 2.32 bits per heavy atom. The fourth-order valence-electron chi connectivity index (χ4n) is 4.33. The molecule has 0 spiro atoms. The Bertz CT molecular complexity index is 1140. The molecule has 2 aromatic carbocycles. The highest BCUT2D eigenvalue weighted by molar-refractivity contribution is 6.32. The second-order valence-electron chi connectivity index (χ2n) is 9.76. The predicted molar refractivity (Wildman–Crippen MR) is 136 cm³/mol. The molecular weight excluding hydrogens is 501 g/mol. The first-order chi connectivity index (χ1) is 17.8. The molecule has 0 aromatic heterocycles. The van der Waals surface area contributed by atoms with Crippen LogP contribution in [0.4, 0.5) is 4.39 Å². The smallest absolute Gasteiger partial charge is 0.306 e. The van der Waals surface area contributed by atoms with Crippen molar-refractivity contribution < 1.29 is 33.4 Å². The Morgan fingerprint density at radius 2 is 1.68 bits per heavy atom. The number of ketones is 1. The summed E-state index contributed by atoms with van der Waals surface area (Å²) in [5, 5.41) is 12.2. The summed E-state index contributed by atoms with van der Waals surface area (Å²) in [4.78, 5) is 36.0. The minimum atomic E-state index is -0.806. The monoisotopic (exact) mass is 531 g/mol. The van der Waals surface area contributed by atoms with Gasteiger partial charge in [0.1, 0.15) is 5.75 Å². The molecule has 0 radical (unpaired) electrons. The third-order valence-electron chi connectivity index (χ3n) is 6.80. The Hall–Kier alpha value is -3.13. The van der Waals surface area contributed by atoms with Gasteiger partial charge in [0, 0.05) is 24.1 Å². The molecule has 2 saturated carbocycles. The van der Waals surface area contributed by atoms with Crippen LogP contribution >= 0.6 is 11.6 Å². The molecule has 2 aliphatic carbocycles. The molecule has 198 valence electrons. The highest BCUT2D eigenvalue weighted by atomic mass is 35.5. The predicted octanol–water partition coefficient (Wildman–Crippen LogP) is 5.68. The lowest BCUT2D eigenvalue weighted by Gasteiger charge is -2.27. The summed E-state index contributed by atoms with van der Waals surface area (Å²) in [5.74, 6) is -1.11. The van der Waals surface area contributed by atoms with Crippen LogP contribution in [0.2, 0.25) is 5.02 Å². The first kappa shape index (κ1) is 26.9. The third kappa shape index (κ3) is 7.68. The lowest BCUT2D eigenvalue weighted by Crippen LogP contribution is -2.28. The Balaban J connectivity index is 1.19. The summed E-state index contributed by atoms with van der Waals surface area (Å²) in [6, 6.07) is 9.03. The van der Waals surface area contributed by atoms with E-state index >= 15 is 0 Å². The molecule has 0 aliphatic heterocycles. The van der Waals surface area contributed by atoms with Crippen molar-refractivity contribution in [3.8, 4) is 11.5 Å². The van der Waals surface area contributed by atoms with Gasteiger partial charge in [-0.3, -0.25) is 14.4 Å². The van der Waals surface area contributed by atoms with Gasteiger partial charge in [-0.15, -0.1) is 0 Å². The summed E-state index contributed by atoms with van der Waals surface area (Å²) in [6.45, 7) is 0.916. The van der Waals surface area contributed by atoms with Crippen LogP contribution in [-0.4, -0.2) is 42.0 Å². The average Bonchev–Trinajstić information content (AvgIpc) is 3.71. The molecular formula is C28H31ClFNO6. The Kier molecular flexibility index (Phi) is 9.03. The zero-order valence-electron chi connectivity index (χ0n) is 20.5. The number of hydrogen-bond acceptors (Lipinski definition) is 5. The second kappa shape index (κ2) is 12.4. The first-order valence-electron chi connectivity index (χ1n) is 12.7. The summed E-state index contributed by atoms with van der Waals surface area (Å²) >= 11 is 6.23. The van der Waals surface area contributed by atoms with E-state index in [4.69, 9.17) is 26.2 Å². The van der Waals surface area contributed by atoms with E-state index in [1.54, 1.807) is 18.2 Å². The number of Topliss-reactive ketones (excluding diaryl/α,β-unsaturated/α-hetero) is 1. The molecule has 0 heterocycles. The highest BCUT2D eigenvalue weighted by Crippen LogP contribution is 2.32. The van der Waals surface area contributed by atoms with Crippen LogP contribution in [0, 0.1) is 17.7 Å². The number of aliphatic carboxylic acids is 1. The second-order valence-corrected chi connectivity index (χ2v) is 10.2. The zero-order valence-corrected chi connectivity index (χ0v) is 21.3. The van der Waals surface area contributed by atoms with Gasteiger partial charge >= 0.3 is 5.97 Å². The number of carbonyl (C=O) groups is 3. The maximum atomic E-state index is 14.6. The van der Waals surface area contributed by atoms with E-state index < -0.39 is 11.8 Å². The van der Waals surface area contributed by atoms with Crippen LogP contribution in [0.5, 0.6) is 11.5 Å². The van der Waals surface area contributed by atoms with Gasteiger partial charge in [-0.25, -0.2) is 4.39 Å². The van der Waals surface area contributed by atoms with Crippen LogP contribution in [-0.2, 0) is 4.79 Å². The molecule has 9 heteroatoms. The SMILES string of the molecule is O=C(CCCNC(=O)c1ccc(OCC2CC2)c(Cl)c1)c1ccc(OC2CCC(C(=O)O)CC2)c(F)c1. The van der Waals surface area contributed by atoms with Gasteiger partial charge in [0.15, 0.2) is 17.3 Å². The number of benzene rings is 2. The van der Waals surface area contributed by atoms with Gasteiger partial charge in [-0.2, -0.15) is 0 Å². The summed E-state index contributed by atoms with van der Waals surface area (Å²) < 4.78 is 25.9. The number of carboxylic acids is 1. The van der Waals surface area contributed by atoms with E-state index in [-0.39, 0.29) is 48.0 Å². The van der Waals surface area contributed by atoms with Crippen LogP contribution in [0.3, 0.4) is 0 Å². The number of nitrogens with one attached hydrogen (secondary N) is 1. The maximum absolute atomic E-state index is 14.6. The maximum Gasteiger partial charge on any atom is 0.306 e. The van der Waals surface area contributed by atoms with Crippen molar-refractivity contribution in [3.05, 3.63) is 58.4 Å². The number of rotatable bonds is 12. The van der Waals surface area contributed by atoms with E-state index in [1.807, 2.05) is 0 Å². The molecule has 0 atom stereocenters. The average molecular weight is 532 g/mol. The number of hydrogen-bond donors (Lipinski definition) is 2. The standard InChI is InChI=1S/C28H31ClFNO6/c29-22-14-20(8-11-25(22)36-16-17-3-4-17)27(33)31-13-1-2-24(32)19-7-12-26(23(30)15-19)37-21-9-5-18(6-10-21)28(34)35/h7-8,11-12,14-15,17-18,21H,1-6,9-10,13,16H2,(H,31,33)(H,34,35). The number of carboxylic acid groups (broad SMARTS) is 1. The summed E-state index contributed by atoms with van der Waals surface area (Å²) in [6.07, 6.45) is 4.75. The van der Waals surface area contributed by atoms with Crippen molar-refractivity contribution in [1.82, 2.24) is 5.32 Å². The van der Waals surface area contributed by atoms with Crippen molar-refractivity contribution in [3.63, 3.8) is 0 Å². The van der Waals surface area contributed by atoms with Gasteiger partial charge in [0.05, 0.1) is 23.7 Å². The van der Waals surface area contributed by atoms with Crippen molar-refractivity contribution in [2.75, 3.05) is 13.2 Å². The summed E-state index contributed by atoms with van der Waals surface area (Å²) in [7, 11) is 0. The highest BCUT2D eigenvalue weighted by Gasteiger charge is 2.27. The van der Waals surface area contributed by atoms with Crippen LogP contribution < -0.4 is 14.8 Å². The minimum Gasteiger partial charge on any atom is -0.492 e. The normalized spacial score (nSPS) is 19.2. The number of amides is 1. The number of ether oxygens (including phenoxy) is 2. The molecule has 0 bridgehead atoms. The van der Waals surface area contributed by atoms with Crippen molar-refractivity contribution in [2.45, 2.75) is 57.5 Å². The molecule has 4 rings (SSSR count). The van der Waals surface area contributed by atoms with E-state index in [1.165, 1.54) is 25.0 Å². The lowest BCUT2D eigenvalue weighted by molar-refractivity contribution is -0.143. The number of carbonyl (C=O) groups excluding carboxylic acids is 2. The first-order valence-corrected chi connectivity index (χ1v) is 13.1. The number of halogens is 2. The van der Waals surface area contributed by atoms with Gasteiger partial charge in [0.2, 0.25) is 0 Å². The molecule has 2 fully saturated rings. The van der Waals surface area contributed by atoms with Crippen molar-refractivity contribution in [2.24, 2.45) is 11.8 Å². The molecule has 0 unspecified atom stereocenters. The van der Waals surface area contributed by atoms with Crippen LogP contribution in [0.25, 0.3) is 0 Å². The zero-order chi connectivity index (χ0) is 26.4. The Morgan fingerprint density at radius 1 is 0.973 bits per heavy atom. The van der Waals surface area contributed by atoms with E-state index in [0.29, 0.717) is 61.0 Å². The largest absolute Gasteiger partial charge is 0.492 e. The Labute approximate surface area is 220 Å². The summed E-state index contributed by atoms with van der Waals surface area (Å²) in [5.41, 5.74) is 0.642. The van der Waals surface area contributed by atoms with Gasteiger partial charge in [-0.05, 0) is 87.3 Å². The molecule has 0 saturated heterocycles. The van der Waals surface area contributed by atoms with E-state index in [0.717, 1.165) is 6.07 Å². The van der Waals surface area contributed by atoms with Crippen molar-refractivity contribution >= 4 is 29.3 Å². The lowest BCUT2D eigenvalue weighted by atomic mass is 9.87. The molecule has 2 aromatic rings. The molecule has 2 N–H and O–H groups in total. The molecule has 2 aliphatic rings. The van der Waals surface area contributed by atoms with Gasteiger partial charge in [-0.1, -0.05) is 11.6 Å². The minimum absolute atomic E-state index is 0.0604. The molecule has 7 nitrogen and oxygen atoms in total. The van der Waals surface area contributed by atoms with E-state index in [2.05, 4.69) is 5.32 Å². The molecule has 1 amide bonds. The van der Waals surface area contributed by atoms with Crippen molar-refractivity contribution in [1.29, 1.82) is 0 Å². The topological polar surface area (TPSA) is 102 Å². The van der Waals surface area contributed by atoms with Crippen LogP contribution in [0.15, 0.2) is 36.4 Å². The van der Waals surface area contributed by atoms with Gasteiger partial charge < -0.3 is 19.9 Å². The van der Waals surface area contributed by atoms with E-state index in [9.17, 15) is 18.8 Å². The molecule has 37 heavy (non-hydrogen) atoms. The quantitative estimate of drug-likeness (QED) is 0.270.